The molecule has 1 aliphatic heterocycles. The summed E-state index contributed by atoms with van der Waals surface area (Å²) in [5.41, 5.74) is 2.88. The molecular weight excluding hydrogens is 448 g/mol. The number of hydrogen-bond acceptors (Lipinski definition) is 6. The van der Waals surface area contributed by atoms with Gasteiger partial charge in [-0.1, -0.05) is 30.3 Å². The Hall–Kier alpha value is -4.46. The number of para-hydroxylation sites is 1. The van der Waals surface area contributed by atoms with Gasteiger partial charge in [0, 0.05) is 23.6 Å². The number of ether oxygens (including phenoxy) is 1. The van der Waals surface area contributed by atoms with Crippen molar-refractivity contribution >= 4 is 34.3 Å². The lowest BCUT2D eigenvalue weighted by Gasteiger charge is -2.27. The fraction of sp³-hybridized carbons (Fsp3) is 0.185. The van der Waals surface area contributed by atoms with Crippen LogP contribution in [-0.2, 0) is 20.7 Å². The first-order valence-electron chi connectivity index (χ1n) is 11.2. The van der Waals surface area contributed by atoms with E-state index < -0.39 is 35.4 Å². The third-order valence-corrected chi connectivity index (χ3v) is 6.42. The van der Waals surface area contributed by atoms with Crippen LogP contribution in [0.2, 0.25) is 0 Å². The molecule has 0 aliphatic carbocycles. The van der Waals surface area contributed by atoms with E-state index in [9.17, 15) is 19.2 Å². The van der Waals surface area contributed by atoms with Crippen molar-refractivity contribution in [1.29, 1.82) is 0 Å². The summed E-state index contributed by atoms with van der Waals surface area (Å²) in [5, 5.41) is 1.03. The minimum atomic E-state index is -1.25. The number of Topliss-reactive ketones (excluding diaryl/α,β-unsaturated/α-hetero) is 2. The second-order valence-electron chi connectivity index (χ2n) is 8.35. The van der Waals surface area contributed by atoms with Crippen LogP contribution in [0.1, 0.15) is 38.1 Å². The van der Waals surface area contributed by atoms with Crippen LogP contribution in [0.4, 0.5) is 0 Å². The summed E-state index contributed by atoms with van der Waals surface area (Å²) < 4.78 is 10.00. The molecule has 5 rings (SSSR count). The van der Waals surface area contributed by atoms with E-state index in [1.165, 1.54) is 24.3 Å². The smallest absolute Gasteiger partial charge is 0.337 e. The third-order valence-electron chi connectivity index (χ3n) is 6.42. The molecule has 8 nitrogen and oxygen atoms in total. The van der Waals surface area contributed by atoms with Gasteiger partial charge in [-0.15, -0.1) is 0 Å². The number of carbonyl (C=O) groups is 4. The molecule has 1 amide bonds. The van der Waals surface area contributed by atoms with Crippen molar-refractivity contribution in [2.75, 3.05) is 13.7 Å². The Labute approximate surface area is 200 Å². The van der Waals surface area contributed by atoms with Crippen molar-refractivity contribution in [3.8, 4) is 0 Å². The number of esters is 1. The highest BCUT2D eigenvalue weighted by Gasteiger charge is 2.52. The van der Waals surface area contributed by atoms with E-state index in [-0.39, 0.29) is 12.3 Å². The summed E-state index contributed by atoms with van der Waals surface area (Å²) in [6.45, 7) is 0.234. The quantitative estimate of drug-likeness (QED) is 0.191. The van der Waals surface area contributed by atoms with Crippen molar-refractivity contribution in [3.63, 3.8) is 0 Å². The number of fused-ring (bicyclic) bond motifs is 1. The molecule has 2 unspecified atom stereocenters. The van der Waals surface area contributed by atoms with Crippen LogP contribution in [0.5, 0.6) is 0 Å². The number of ketones is 2. The van der Waals surface area contributed by atoms with Gasteiger partial charge in [-0.3, -0.25) is 14.4 Å². The van der Waals surface area contributed by atoms with E-state index in [1.54, 1.807) is 30.3 Å². The van der Waals surface area contributed by atoms with E-state index in [1.807, 2.05) is 30.5 Å². The molecular formula is C27H22N2O6. The first-order chi connectivity index (χ1) is 17.0. The molecule has 35 heavy (non-hydrogen) atoms. The molecule has 2 aromatic heterocycles. The minimum Gasteiger partial charge on any atom is -0.465 e. The van der Waals surface area contributed by atoms with Crippen molar-refractivity contribution in [3.05, 3.63) is 95.6 Å². The van der Waals surface area contributed by atoms with Crippen molar-refractivity contribution in [2.45, 2.75) is 12.5 Å². The molecule has 1 aliphatic rings. The number of carbonyl (C=O) groups excluding carboxylic acids is 4. The normalized spacial score (nSPS) is 17.8. The molecule has 2 atom stereocenters. The summed E-state index contributed by atoms with van der Waals surface area (Å²) in [4.78, 5) is 56.0. The molecule has 8 heteroatoms. The zero-order valence-electron chi connectivity index (χ0n) is 18.9. The Morgan fingerprint density at radius 1 is 1.03 bits per heavy atom. The maximum absolute atomic E-state index is 13.2. The molecule has 1 N–H and O–H groups in total. The number of aromatic nitrogens is 1. The third kappa shape index (κ3) is 3.93. The van der Waals surface area contributed by atoms with Gasteiger partial charge in [-0.05, 0) is 47.9 Å². The lowest BCUT2D eigenvalue weighted by Crippen LogP contribution is -2.32. The standard InChI is InChI=1S/C27H22N2O6/c1-34-27(33)17-10-8-16(9-11-17)23-22(24(30)21-7-4-14-35-21)25(31)26(32)29(23)13-12-18-15-28-20-6-3-2-5-19(18)20/h2-11,14-15,22-23,28H,12-13H2,1H3. The van der Waals surface area contributed by atoms with Gasteiger partial charge < -0.3 is 19.0 Å². The van der Waals surface area contributed by atoms with E-state index in [0.717, 1.165) is 16.5 Å². The van der Waals surface area contributed by atoms with Crippen LogP contribution in [0.25, 0.3) is 10.9 Å². The number of hydrogen-bond donors (Lipinski definition) is 1. The Morgan fingerprint density at radius 3 is 2.51 bits per heavy atom. The summed E-state index contributed by atoms with van der Waals surface area (Å²) in [6, 6.07) is 16.4. The maximum atomic E-state index is 13.2. The van der Waals surface area contributed by atoms with Gasteiger partial charge >= 0.3 is 5.97 Å². The maximum Gasteiger partial charge on any atom is 0.337 e. The van der Waals surface area contributed by atoms with Gasteiger partial charge in [0.1, 0.15) is 5.92 Å². The monoisotopic (exact) mass is 470 g/mol. The zero-order valence-corrected chi connectivity index (χ0v) is 18.9. The average molecular weight is 470 g/mol. The van der Waals surface area contributed by atoms with Crippen LogP contribution in [0.3, 0.4) is 0 Å². The number of nitrogens with zero attached hydrogens (tertiary/aromatic N) is 1. The molecule has 3 heterocycles. The molecule has 0 radical (unpaired) electrons. The van der Waals surface area contributed by atoms with Gasteiger partial charge in [0.25, 0.3) is 5.91 Å². The van der Waals surface area contributed by atoms with Crippen LogP contribution in [0.15, 0.2) is 77.5 Å². The number of H-pyrrole nitrogens is 1. The van der Waals surface area contributed by atoms with Gasteiger partial charge in [0.2, 0.25) is 11.6 Å². The number of aromatic amines is 1. The SMILES string of the molecule is COC(=O)c1ccc(C2C(C(=O)c3ccco3)C(=O)C(=O)N2CCc2c[nH]c3ccccc23)cc1. The number of furan rings is 1. The molecule has 1 saturated heterocycles. The van der Waals surface area contributed by atoms with Crippen LogP contribution < -0.4 is 0 Å². The van der Waals surface area contributed by atoms with E-state index in [4.69, 9.17) is 9.15 Å². The Balaban J connectivity index is 1.50. The van der Waals surface area contributed by atoms with Gasteiger partial charge in [-0.2, -0.15) is 0 Å². The summed E-state index contributed by atoms with van der Waals surface area (Å²) in [6.07, 6.45) is 3.73. The lowest BCUT2D eigenvalue weighted by molar-refractivity contribution is -0.140. The zero-order chi connectivity index (χ0) is 24.5. The van der Waals surface area contributed by atoms with Crippen LogP contribution >= 0.6 is 0 Å². The number of rotatable bonds is 7. The number of benzene rings is 2. The van der Waals surface area contributed by atoms with Crippen molar-refractivity contribution < 1.29 is 28.3 Å². The highest BCUT2D eigenvalue weighted by molar-refractivity contribution is 6.43. The highest BCUT2D eigenvalue weighted by atomic mass is 16.5. The van der Waals surface area contributed by atoms with Gasteiger partial charge in [0.15, 0.2) is 5.76 Å². The first kappa shape index (κ1) is 22.3. The van der Waals surface area contributed by atoms with Gasteiger partial charge in [0.05, 0.1) is 25.0 Å². The molecule has 0 saturated carbocycles. The summed E-state index contributed by atoms with van der Waals surface area (Å²) >= 11 is 0. The topological polar surface area (TPSA) is 110 Å². The van der Waals surface area contributed by atoms with Crippen LogP contribution in [0, 0.1) is 5.92 Å². The number of nitrogens with one attached hydrogen (secondary N) is 1. The molecule has 2 aromatic carbocycles. The second-order valence-corrected chi connectivity index (χ2v) is 8.35. The average Bonchev–Trinajstić information content (AvgIpc) is 3.62. The molecule has 0 spiro atoms. The number of likely N-dealkylation sites (tertiary alicyclic amines) is 1. The Kier molecular flexibility index (Phi) is 5.78. The first-order valence-corrected chi connectivity index (χ1v) is 11.2. The largest absolute Gasteiger partial charge is 0.465 e. The lowest BCUT2D eigenvalue weighted by atomic mass is 9.88. The highest BCUT2D eigenvalue weighted by Crippen LogP contribution is 2.38. The van der Waals surface area contributed by atoms with E-state index >= 15 is 0 Å². The molecule has 176 valence electrons. The number of amides is 1. The van der Waals surface area contributed by atoms with Gasteiger partial charge in [-0.25, -0.2) is 4.79 Å². The fourth-order valence-electron chi connectivity index (χ4n) is 4.69. The molecule has 0 bridgehead atoms. The number of methoxy groups -OCH3 is 1. The fourth-order valence-corrected chi connectivity index (χ4v) is 4.69. The molecule has 1 fully saturated rings. The molecule has 4 aromatic rings. The van der Waals surface area contributed by atoms with Crippen molar-refractivity contribution in [1.82, 2.24) is 9.88 Å². The van der Waals surface area contributed by atoms with E-state index in [0.29, 0.717) is 17.5 Å². The predicted octanol–water partition coefficient (Wildman–Crippen LogP) is 3.74. The van der Waals surface area contributed by atoms with Crippen LogP contribution in [-0.4, -0.2) is 47.0 Å². The van der Waals surface area contributed by atoms with Crippen molar-refractivity contribution in [2.24, 2.45) is 5.92 Å². The summed E-state index contributed by atoms with van der Waals surface area (Å²) in [7, 11) is 1.29. The second kappa shape index (κ2) is 9.06. The predicted molar refractivity (Wildman–Crippen MR) is 126 cm³/mol. The Bertz CT molecular complexity index is 1420. The minimum absolute atomic E-state index is 0.0193. The summed E-state index contributed by atoms with van der Waals surface area (Å²) in [5.74, 6) is -3.77. The van der Waals surface area contributed by atoms with E-state index in [2.05, 4.69) is 4.98 Å². The Morgan fingerprint density at radius 2 is 1.80 bits per heavy atom.